The Bertz CT molecular complexity index is 286. The van der Waals surface area contributed by atoms with Crippen molar-refractivity contribution in [1.82, 2.24) is 0 Å². The predicted octanol–water partition coefficient (Wildman–Crippen LogP) is 1.30. The molecular formula is C11H16O4. The quantitative estimate of drug-likeness (QED) is 0.716. The molecule has 2 unspecified atom stereocenters. The van der Waals surface area contributed by atoms with Gasteiger partial charge in [-0.25, -0.2) is 0 Å². The van der Waals surface area contributed by atoms with E-state index < -0.39 is 5.97 Å². The molecule has 0 spiro atoms. The topological polar surface area (TPSA) is 63.6 Å². The number of carbonyl (C=O) groups excluding carboxylic acids is 1. The molecule has 4 heteroatoms. The average Bonchev–Trinajstić information content (AvgIpc) is 2.77. The largest absolute Gasteiger partial charge is 0.481 e. The van der Waals surface area contributed by atoms with Crippen molar-refractivity contribution in [2.45, 2.75) is 25.7 Å². The lowest BCUT2D eigenvalue weighted by atomic mass is 9.77. The molecule has 2 fully saturated rings. The molecule has 2 aliphatic carbocycles. The highest BCUT2D eigenvalue weighted by molar-refractivity contribution is 5.74. The number of rotatable bonds is 3. The van der Waals surface area contributed by atoms with E-state index in [9.17, 15) is 9.59 Å². The van der Waals surface area contributed by atoms with Crippen LogP contribution in [0.25, 0.3) is 0 Å². The van der Waals surface area contributed by atoms with E-state index in [1.54, 1.807) is 0 Å². The number of ether oxygens (including phenoxy) is 1. The highest BCUT2D eigenvalue weighted by atomic mass is 16.5. The molecule has 1 N–H and O–H groups in total. The molecule has 2 aliphatic rings. The maximum Gasteiger partial charge on any atom is 0.307 e. The molecule has 0 aliphatic heterocycles. The standard InChI is InChI=1S/C11H16O4/c1-15-9(12)5-8-6-2-3-7(4-6)10(8)11(13)14/h6-8,10H,2-5H2,1H3,(H,13,14)/t6-,7-,8?,10?/m0/s1. The summed E-state index contributed by atoms with van der Waals surface area (Å²) < 4.78 is 4.62. The Hall–Kier alpha value is -1.06. The third-order valence-electron chi connectivity index (χ3n) is 4.00. The number of carboxylic acids is 1. The number of methoxy groups -OCH3 is 1. The van der Waals surface area contributed by atoms with Crippen LogP contribution in [0.4, 0.5) is 0 Å². The van der Waals surface area contributed by atoms with Crippen molar-refractivity contribution in [2.24, 2.45) is 23.7 Å². The summed E-state index contributed by atoms with van der Waals surface area (Å²) in [6.45, 7) is 0. The maximum atomic E-state index is 11.2. The first-order chi connectivity index (χ1) is 7.13. The number of esters is 1. The van der Waals surface area contributed by atoms with Crippen molar-refractivity contribution in [3.8, 4) is 0 Å². The van der Waals surface area contributed by atoms with Gasteiger partial charge in [-0.05, 0) is 37.0 Å². The number of aliphatic carboxylic acids is 1. The Kier molecular flexibility index (Phi) is 2.67. The summed E-state index contributed by atoms with van der Waals surface area (Å²) in [4.78, 5) is 22.3. The molecule has 0 aromatic rings. The molecule has 4 nitrogen and oxygen atoms in total. The number of hydrogen-bond acceptors (Lipinski definition) is 3. The van der Waals surface area contributed by atoms with Gasteiger partial charge in [-0.15, -0.1) is 0 Å². The minimum Gasteiger partial charge on any atom is -0.481 e. The molecule has 2 bridgehead atoms. The van der Waals surface area contributed by atoms with Gasteiger partial charge in [0.05, 0.1) is 13.0 Å². The van der Waals surface area contributed by atoms with Gasteiger partial charge < -0.3 is 9.84 Å². The van der Waals surface area contributed by atoms with Crippen molar-refractivity contribution in [1.29, 1.82) is 0 Å². The fraction of sp³-hybridized carbons (Fsp3) is 0.818. The second-order valence-corrected chi connectivity index (χ2v) is 4.64. The Balaban J connectivity index is 2.08. The second-order valence-electron chi connectivity index (χ2n) is 4.64. The Morgan fingerprint density at radius 1 is 1.33 bits per heavy atom. The Morgan fingerprint density at radius 3 is 2.60 bits per heavy atom. The van der Waals surface area contributed by atoms with Crippen LogP contribution >= 0.6 is 0 Å². The fourth-order valence-corrected chi connectivity index (χ4v) is 3.36. The third kappa shape index (κ3) is 1.73. The molecule has 2 saturated carbocycles. The van der Waals surface area contributed by atoms with Gasteiger partial charge in [0.2, 0.25) is 0 Å². The first kappa shape index (κ1) is 10.5. The lowest BCUT2D eigenvalue weighted by Crippen LogP contribution is -2.31. The maximum absolute atomic E-state index is 11.2. The van der Waals surface area contributed by atoms with Crippen LogP contribution in [0, 0.1) is 23.7 Å². The summed E-state index contributed by atoms with van der Waals surface area (Å²) in [5, 5.41) is 9.14. The third-order valence-corrected chi connectivity index (χ3v) is 4.00. The molecule has 4 atom stereocenters. The van der Waals surface area contributed by atoms with E-state index in [1.807, 2.05) is 0 Å². The molecule has 0 radical (unpaired) electrons. The molecule has 0 heterocycles. The van der Waals surface area contributed by atoms with Gasteiger partial charge >= 0.3 is 11.9 Å². The molecular weight excluding hydrogens is 196 g/mol. The highest BCUT2D eigenvalue weighted by Crippen LogP contribution is 2.53. The zero-order valence-electron chi connectivity index (χ0n) is 8.81. The van der Waals surface area contributed by atoms with Crippen molar-refractivity contribution in [3.63, 3.8) is 0 Å². The van der Waals surface area contributed by atoms with E-state index in [0.717, 1.165) is 19.3 Å². The summed E-state index contributed by atoms with van der Waals surface area (Å²) >= 11 is 0. The van der Waals surface area contributed by atoms with E-state index in [4.69, 9.17) is 5.11 Å². The minimum absolute atomic E-state index is 0.00806. The van der Waals surface area contributed by atoms with Gasteiger partial charge in [0.25, 0.3) is 0 Å². The minimum atomic E-state index is -0.740. The van der Waals surface area contributed by atoms with Crippen LogP contribution in [-0.2, 0) is 14.3 Å². The van der Waals surface area contributed by atoms with Crippen LogP contribution in [0.2, 0.25) is 0 Å². The molecule has 0 aromatic heterocycles. The van der Waals surface area contributed by atoms with Crippen LogP contribution < -0.4 is 0 Å². The van der Waals surface area contributed by atoms with Gasteiger partial charge in [0, 0.05) is 6.42 Å². The van der Waals surface area contributed by atoms with Crippen molar-refractivity contribution >= 4 is 11.9 Å². The van der Waals surface area contributed by atoms with Crippen LogP contribution in [0.3, 0.4) is 0 Å². The fourth-order valence-electron chi connectivity index (χ4n) is 3.36. The lowest BCUT2D eigenvalue weighted by Gasteiger charge is -2.26. The van der Waals surface area contributed by atoms with Crippen LogP contribution in [0.5, 0.6) is 0 Å². The Morgan fingerprint density at radius 2 is 2.00 bits per heavy atom. The van der Waals surface area contributed by atoms with E-state index >= 15 is 0 Å². The molecule has 15 heavy (non-hydrogen) atoms. The second kappa shape index (κ2) is 3.83. The monoisotopic (exact) mass is 212 g/mol. The van der Waals surface area contributed by atoms with Gasteiger partial charge in [-0.3, -0.25) is 9.59 Å². The lowest BCUT2D eigenvalue weighted by molar-refractivity contribution is -0.148. The SMILES string of the molecule is COC(=O)CC1C(C(=O)O)[C@H]2CC[C@H]1C2. The van der Waals surface area contributed by atoms with Crippen LogP contribution in [-0.4, -0.2) is 24.2 Å². The number of carbonyl (C=O) groups is 2. The van der Waals surface area contributed by atoms with Gasteiger partial charge in [0.1, 0.15) is 0 Å². The van der Waals surface area contributed by atoms with Crippen molar-refractivity contribution in [3.05, 3.63) is 0 Å². The number of carboxylic acid groups (broad SMARTS) is 1. The first-order valence-electron chi connectivity index (χ1n) is 5.43. The zero-order valence-corrected chi connectivity index (χ0v) is 8.81. The molecule has 0 saturated heterocycles. The summed E-state index contributed by atoms with van der Waals surface area (Å²) in [6.07, 6.45) is 3.35. The predicted molar refractivity (Wildman–Crippen MR) is 52.1 cm³/mol. The normalized spacial score (nSPS) is 37.9. The summed E-state index contributed by atoms with van der Waals surface area (Å²) in [5.41, 5.74) is 0. The van der Waals surface area contributed by atoms with E-state index in [-0.39, 0.29) is 24.2 Å². The summed E-state index contributed by atoms with van der Waals surface area (Å²) in [7, 11) is 1.35. The first-order valence-corrected chi connectivity index (χ1v) is 5.43. The van der Waals surface area contributed by atoms with Crippen LogP contribution in [0.1, 0.15) is 25.7 Å². The zero-order chi connectivity index (χ0) is 11.0. The molecule has 0 amide bonds. The Labute approximate surface area is 88.6 Å². The van der Waals surface area contributed by atoms with E-state index in [0.29, 0.717) is 11.8 Å². The van der Waals surface area contributed by atoms with E-state index in [2.05, 4.69) is 4.74 Å². The van der Waals surface area contributed by atoms with Gasteiger partial charge in [-0.2, -0.15) is 0 Å². The summed E-state index contributed by atoms with van der Waals surface area (Å²) in [5.74, 6) is -0.608. The van der Waals surface area contributed by atoms with Crippen molar-refractivity contribution < 1.29 is 19.4 Å². The molecule has 0 aromatic carbocycles. The number of hydrogen-bond donors (Lipinski definition) is 1. The molecule has 2 rings (SSSR count). The smallest absolute Gasteiger partial charge is 0.307 e. The van der Waals surface area contributed by atoms with Gasteiger partial charge in [-0.1, -0.05) is 0 Å². The average molecular weight is 212 g/mol. The van der Waals surface area contributed by atoms with Gasteiger partial charge in [0.15, 0.2) is 0 Å². The number of fused-ring (bicyclic) bond motifs is 2. The summed E-state index contributed by atoms with van der Waals surface area (Å²) in [6, 6.07) is 0. The highest BCUT2D eigenvalue weighted by Gasteiger charge is 2.51. The van der Waals surface area contributed by atoms with E-state index in [1.165, 1.54) is 7.11 Å². The molecule has 84 valence electrons. The van der Waals surface area contributed by atoms with Crippen molar-refractivity contribution in [2.75, 3.05) is 7.11 Å². The van der Waals surface area contributed by atoms with Crippen LogP contribution in [0.15, 0.2) is 0 Å².